The first-order valence-electron chi connectivity index (χ1n) is 9.82. The maximum absolute atomic E-state index is 12.4. The van der Waals surface area contributed by atoms with Gasteiger partial charge >= 0.3 is 0 Å². The zero-order valence-electron chi connectivity index (χ0n) is 16.0. The summed E-state index contributed by atoms with van der Waals surface area (Å²) in [7, 11) is 0. The lowest BCUT2D eigenvalue weighted by Crippen LogP contribution is -2.41. The molecule has 2 aliphatic rings. The third-order valence-corrected chi connectivity index (χ3v) is 5.95. The van der Waals surface area contributed by atoms with Crippen molar-refractivity contribution >= 4 is 11.6 Å². The third-order valence-electron chi connectivity index (χ3n) is 5.95. The molecule has 0 N–H and O–H groups in total. The van der Waals surface area contributed by atoms with Gasteiger partial charge in [0.1, 0.15) is 0 Å². The molecule has 0 aromatic heterocycles. The molecule has 3 heteroatoms. The van der Waals surface area contributed by atoms with E-state index in [-0.39, 0.29) is 11.9 Å². The smallest absolute Gasteiger partial charge is 0.219 e. The predicted octanol–water partition coefficient (Wildman–Crippen LogP) is 4.80. The Balaban J connectivity index is 1.81. The first-order valence-corrected chi connectivity index (χ1v) is 9.82. The van der Waals surface area contributed by atoms with Crippen molar-refractivity contribution in [3.05, 3.63) is 64.7 Å². The quantitative estimate of drug-likeness (QED) is 0.792. The molecular formula is C23H28N2O. The number of amides is 1. The van der Waals surface area contributed by atoms with Crippen LogP contribution in [0.15, 0.2) is 42.5 Å². The summed E-state index contributed by atoms with van der Waals surface area (Å²) in [6.07, 6.45) is 3.06. The second-order valence-electron chi connectivity index (χ2n) is 7.69. The van der Waals surface area contributed by atoms with E-state index in [9.17, 15) is 4.79 Å². The van der Waals surface area contributed by atoms with Crippen molar-refractivity contribution in [1.82, 2.24) is 4.90 Å². The summed E-state index contributed by atoms with van der Waals surface area (Å²) in [5.74, 6) is 0.184. The normalized spacial score (nSPS) is 20.8. The Labute approximate surface area is 156 Å². The van der Waals surface area contributed by atoms with Crippen LogP contribution in [-0.4, -0.2) is 23.9 Å². The number of hydrogen-bond acceptors (Lipinski definition) is 2. The van der Waals surface area contributed by atoms with Gasteiger partial charge in [-0.1, -0.05) is 55.0 Å². The van der Waals surface area contributed by atoms with Gasteiger partial charge in [-0.05, 0) is 42.9 Å². The summed E-state index contributed by atoms with van der Waals surface area (Å²) < 4.78 is 0. The Bertz CT molecular complexity index is 811. The fourth-order valence-electron chi connectivity index (χ4n) is 4.74. The molecule has 26 heavy (non-hydrogen) atoms. The molecule has 3 nitrogen and oxygen atoms in total. The van der Waals surface area contributed by atoms with E-state index < -0.39 is 0 Å². The molecule has 2 aromatic carbocycles. The Morgan fingerprint density at radius 3 is 2.65 bits per heavy atom. The number of para-hydroxylation sites is 1. The Morgan fingerprint density at radius 2 is 1.96 bits per heavy atom. The lowest BCUT2D eigenvalue weighted by Gasteiger charge is -2.44. The monoisotopic (exact) mass is 348 g/mol. The molecule has 2 heterocycles. The molecule has 2 atom stereocenters. The van der Waals surface area contributed by atoms with Crippen LogP contribution in [0.25, 0.3) is 0 Å². The lowest BCUT2D eigenvalue weighted by molar-refractivity contribution is -0.131. The molecule has 2 unspecified atom stereocenters. The van der Waals surface area contributed by atoms with Crippen LogP contribution < -0.4 is 4.90 Å². The first-order chi connectivity index (χ1) is 12.6. The fraction of sp³-hybridized carbons (Fsp3) is 0.435. The van der Waals surface area contributed by atoms with Crippen molar-refractivity contribution in [3.8, 4) is 0 Å². The van der Waals surface area contributed by atoms with Gasteiger partial charge in [-0.15, -0.1) is 0 Å². The number of anilines is 1. The number of hydrogen-bond donors (Lipinski definition) is 0. The minimum Gasteiger partial charge on any atom is -0.364 e. The molecule has 4 rings (SSSR count). The zero-order valence-corrected chi connectivity index (χ0v) is 16.0. The number of rotatable bonds is 4. The van der Waals surface area contributed by atoms with Crippen LogP contribution in [0, 0.1) is 6.92 Å². The van der Waals surface area contributed by atoms with E-state index in [0.717, 1.165) is 32.4 Å². The molecular weight excluding hydrogens is 320 g/mol. The third kappa shape index (κ3) is 2.80. The molecule has 0 spiro atoms. The van der Waals surface area contributed by atoms with Gasteiger partial charge in [-0.3, -0.25) is 4.79 Å². The van der Waals surface area contributed by atoms with Crippen LogP contribution in [0.2, 0.25) is 0 Å². The highest BCUT2D eigenvalue weighted by molar-refractivity contribution is 5.76. The van der Waals surface area contributed by atoms with E-state index in [0.29, 0.717) is 6.04 Å². The molecule has 0 saturated heterocycles. The van der Waals surface area contributed by atoms with Crippen molar-refractivity contribution in [3.63, 3.8) is 0 Å². The van der Waals surface area contributed by atoms with Crippen LogP contribution in [0.3, 0.4) is 0 Å². The predicted molar refractivity (Wildman–Crippen MR) is 106 cm³/mol. The summed E-state index contributed by atoms with van der Waals surface area (Å²) in [6, 6.07) is 16.1. The topological polar surface area (TPSA) is 23.6 Å². The average Bonchev–Trinajstić information content (AvgIpc) is 3.07. The van der Waals surface area contributed by atoms with E-state index in [2.05, 4.69) is 66.1 Å². The highest BCUT2D eigenvalue weighted by atomic mass is 16.2. The summed E-state index contributed by atoms with van der Waals surface area (Å²) in [6.45, 7) is 7.90. The highest BCUT2D eigenvalue weighted by Gasteiger charge is 2.40. The van der Waals surface area contributed by atoms with Gasteiger partial charge < -0.3 is 9.80 Å². The minimum atomic E-state index is 0.169. The highest BCUT2D eigenvalue weighted by Crippen LogP contribution is 2.50. The van der Waals surface area contributed by atoms with Crippen LogP contribution in [0.4, 0.5) is 5.69 Å². The van der Waals surface area contributed by atoms with E-state index in [4.69, 9.17) is 0 Å². The van der Waals surface area contributed by atoms with Gasteiger partial charge in [0, 0.05) is 25.7 Å². The summed E-state index contributed by atoms with van der Waals surface area (Å²) in [5.41, 5.74) is 6.82. The first kappa shape index (κ1) is 17.1. The average molecular weight is 348 g/mol. The largest absolute Gasteiger partial charge is 0.364 e. The van der Waals surface area contributed by atoms with Crippen LogP contribution in [0.1, 0.15) is 61.0 Å². The van der Waals surface area contributed by atoms with E-state index in [1.54, 1.807) is 6.92 Å². The standard InChI is InChI=1S/C23H28N2O/c1-4-13-24(17(3)26)22-15-21(18-10-8-16(2)9-11-18)25-14-12-19-6-5-7-20(22)23(19)25/h5-11,21-22H,4,12-15H2,1-3H3. The van der Waals surface area contributed by atoms with Crippen molar-refractivity contribution in [2.75, 3.05) is 18.0 Å². The maximum Gasteiger partial charge on any atom is 0.219 e. The Morgan fingerprint density at radius 1 is 1.19 bits per heavy atom. The SMILES string of the molecule is CCCN(C(C)=O)C1CC(c2ccc(C)cc2)N2CCc3cccc1c32. The van der Waals surface area contributed by atoms with Gasteiger partial charge in [0.05, 0.1) is 12.1 Å². The number of benzene rings is 2. The van der Waals surface area contributed by atoms with Crippen molar-refractivity contribution in [2.45, 2.75) is 52.1 Å². The van der Waals surface area contributed by atoms with Crippen molar-refractivity contribution < 1.29 is 4.79 Å². The number of nitrogens with zero attached hydrogens (tertiary/aromatic N) is 2. The second-order valence-corrected chi connectivity index (χ2v) is 7.69. The fourth-order valence-corrected chi connectivity index (χ4v) is 4.74. The second kappa shape index (κ2) is 6.79. The van der Waals surface area contributed by atoms with Gasteiger partial charge in [0.25, 0.3) is 0 Å². The van der Waals surface area contributed by atoms with Crippen LogP contribution in [-0.2, 0) is 11.2 Å². The molecule has 136 valence electrons. The van der Waals surface area contributed by atoms with Gasteiger partial charge in [0.15, 0.2) is 0 Å². The molecule has 0 radical (unpaired) electrons. The molecule has 0 bridgehead atoms. The Kier molecular flexibility index (Phi) is 4.47. The molecule has 0 aliphatic carbocycles. The van der Waals surface area contributed by atoms with Gasteiger partial charge in [-0.2, -0.15) is 0 Å². The van der Waals surface area contributed by atoms with Crippen molar-refractivity contribution in [1.29, 1.82) is 0 Å². The van der Waals surface area contributed by atoms with E-state index in [1.165, 1.54) is 27.9 Å². The van der Waals surface area contributed by atoms with Crippen molar-refractivity contribution in [2.24, 2.45) is 0 Å². The summed E-state index contributed by atoms with van der Waals surface area (Å²) in [5, 5.41) is 0. The van der Waals surface area contributed by atoms with E-state index >= 15 is 0 Å². The van der Waals surface area contributed by atoms with Gasteiger partial charge in [-0.25, -0.2) is 0 Å². The Hall–Kier alpha value is -2.29. The lowest BCUT2D eigenvalue weighted by atomic mass is 9.86. The number of carbonyl (C=O) groups is 1. The van der Waals surface area contributed by atoms with Crippen LogP contribution in [0.5, 0.6) is 0 Å². The minimum absolute atomic E-state index is 0.169. The molecule has 0 fully saturated rings. The summed E-state index contributed by atoms with van der Waals surface area (Å²) >= 11 is 0. The molecule has 2 aliphatic heterocycles. The maximum atomic E-state index is 12.4. The number of carbonyl (C=O) groups excluding carboxylic acids is 1. The zero-order chi connectivity index (χ0) is 18.3. The summed E-state index contributed by atoms with van der Waals surface area (Å²) in [4.78, 5) is 17.1. The van der Waals surface area contributed by atoms with Gasteiger partial charge in [0.2, 0.25) is 5.91 Å². The number of aryl methyl sites for hydroxylation is 1. The van der Waals surface area contributed by atoms with E-state index in [1.807, 2.05) is 0 Å². The molecule has 2 aromatic rings. The molecule has 1 amide bonds. The van der Waals surface area contributed by atoms with Crippen LogP contribution >= 0.6 is 0 Å². The molecule has 0 saturated carbocycles.